The number of hydrogen-bond acceptors (Lipinski definition) is 6. The van der Waals surface area contributed by atoms with Gasteiger partial charge in [0.05, 0.1) is 24.5 Å². The summed E-state index contributed by atoms with van der Waals surface area (Å²) in [6.07, 6.45) is 0.0297. The molecule has 1 aliphatic rings. The molecule has 37 heavy (non-hydrogen) atoms. The fraction of sp³-hybridized carbons (Fsp3) is 0.423. The number of likely N-dealkylation sites (tertiary alicyclic amines) is 1. The van der Waals surface area contributed by atoms with E-state index in [1.807, 2.05) is 19.9 Å². The van der Waals surface area contributed by atoms with E-state index in [1.165, 1.54) is 15.9 Å². The molecule has 9 nitrogen and oxygen atoms in total. The monoisotopic (exact) mass is 511 g/mol. The van der Waals surface area contributed by atoms with E-state index in [0.29, 0.717) is 22.6 Å². The van der Waals surface area contributed by atoms with E-state index < -0.39 is 36.0 Å². The summed E-state index contributed by atoms with van der Waals surface area (Å²) >= 11 is 0. The second-order valence-corrected chi connectivity index (χ2v) is 9.65. The standard InChI is InChI=1S/C26H31F2N7O2/c1-16(2)19-10-11-20(30-25(19)28)24(17-8-6-5-7-9-17)31-26(37)21-12-18(27)14-34(21)23(36)15-35-29-13-22(32-35)33(3)4/h5-11,13,16,18,21,24H,12,14-15H2,1-4H3,(H,31,37)/t18-,21+,24+/m1/s1. The topological polar surface area (TPSA) is 96.2 Å². The Kier molecular flexibility index (Phi) is 7.80. The third kappa shape index (κ3) is 5.92. The lowest BCUT2D eigenvalue weighted by atomic mass is 9.99. The number of rotatable bonds is 8. The van der Waals surface area contributed by atoms with Crippen molar-refractivity contribution < 1.29 is 18.4 Å². The summed E-state index contributed by atoms with van der Waals surface area (Å²) in [5, 5.41) is 11.2. The first kappa shape index (κ1) is 26.2. The van der Waals surface area contributed by atoms with Crippen LogP contribution in [-0.2, 0) is 16.1 Å². The van der Waals surface area contributed by atoms with Gasteiger partial charge in [0.2, 0.25) is 17.8 Å². The molecule has 1 aliphatic heterocycles. The quantitative estimate of drug-likeness (QED) is 0.468. The Morgan fingerprint density at radius 2 is 1.89 bits per heavy atom. The predicted octanol–water partition coefficient (Wildman–Crippen LogP) is 2.85. The van der Waals surface area contributed by atoms with Gasteiger partial charge in [-0.1, -0.05) is 50.2 Å². The number of alkyl halides is 1. The second kappa shape index (κ2) is 11.0. The number of nitrogens with one attached hydrogen (secondary N) is 1. The molecular weight excluding hydrogens is 480 g/mol. The van der Waals surface area contributed by atoms with Crippen LogP contribution in [0.5, 0.6) is 0 Å². The third-order valence-electron chi connectivity index (χ3n) is 6.37. The number of carbonyl (C=O) groups excluding carboxylic acids is 2. The molecule has 1 saturated heterocycles. The van der Waals surface area contributed by atoms with E-state index in [0.717, 1.165) is 0 Å². The number of amides is 2. The van der Waals surface area contributed by atoms with Crippen molar-refractivity contribution in [1.82, 2.24) is 30.2 Å². The van der Waals surface area contributed by atoms with Crippen molar-refractivity contribution in [3.05, 3.63) is 71.4 Å². The van der Waals surface area contributed by atoms with Crippen LogP contribution in [0.15, 0.2) is 48.7 Å². The maximum atomic E-state index is 14.7. The molecule has 1 N–H and O–H groups in total. The molecule has 0 saturated carbocycles. The zero-order valence-corrected chi connectivity index (χ0v) is 21.3. The molecule has 2 amide bonds. The number of aromatic nitrogens is 4. The number of carbonyl (C=O) groups is 2. The van der Waals surface area contributed by atoms with Crippen LogP contribution in [0, 0.1) is 5.95 Å². The van der Waals surface area contributed by atoms with Gasteiger partial charge in [0, 0.05) is 26.1 Å². The number of benzene rings is 1. The van der Waals surface area contributed by atoms with Crippen molar-refractivity contribution in [3.8, 4) is 0 Å². The van der Waals surface area contributed by atoms with Crippen LogP contribution >= 0.6 is 0 Å². The van der Waals surface area contributed by atoms with Crippen LogP contribution in [0.3, 0.4) is 0 Å². The van der Waals surface area contributed by atoms with Crippen LogP contribution in [0.25, 0.3) is 0 Å². The number of pyridine rings is 1. The van der Waals surface area contributed by atoms with Gasteiger partial charge >= 0.3 is 0 Å². The summed E-state index contributed by atoms with van der Waals surface area (Å²) in [4.78, 5) is 34.8. The summed E-state index contributed by atoms with van der Waals surface area (Å²) in [6, 6.07) is 10.5. The molecule has 11 heteroatoms. The van der Waals surface area contributed by atoms with Crippen molar-refractivity contribution in [2.45, 2.75) is 51.0 Å². The van der Waals surface area contributed by atoms with Crippen LogP contribution in [0.4, 0.5) is 14.6 Å². The van der Waals surface area contributed by atoms with E-state index in [9.17, 15) is 18.4 Å². The SMILES string of the molecule is CC(C)c1ccc([C@@H](NC(=O)[C@@H]2C[C@@H](F)CN2C(=O)Cn2ncc(N(C)C)n2)c2ccccc2)nc1F. The van der Waals surface area contributed by atoms with E-state index >= 15 is 0 Å². The highest BCUT2D eigenvalue weighted by molar-refractivity contribution is 5.88. The summed E-state index contributed by atoms with van der Waals surface area (Å²) in [5.41, 5.74) is 1.47. The van der Waals surface area contributed by atoms with E-state index in [-0.39, 0.29) is 25.4 Å². The molecule has 3 aromatic rings. The highest BCUT2D eigenvalue weighted by Gasteiger charge is 2.40. The third-order valence-corrected chi connectivity index (χ3v) is 6.37. The van der Waals surface area contributed by atoms with Crippen molar-refractivity contribution in [2.75, 3.05) is 25.5 Å². The summed E-state index contributed by atoms with van der Waals surface area (Å²) in [6.45, 7) is 3.31. The minimum atomic E-state index is -1.35. The van der Waals surface area contributed by atoms with Gasteiger partial charge in [-0.25, -0.2) is 9.37 Å². The van der Waals surface area contributed by atoms with Crippen molar-refractivity contribution in [1.29, 1.82) is 0 Å². The molecule has 1 fully saturated rings. The van der Waals surface area contributed by atoms with Crippen LogP contribution in [0.1, 0.15) is 49.0 Å². The molecule has 3 atom stereocenters. The van der Waals surface area contributed by atoms with Gasteiger partial charge in [0.15, 0.2) is 5.82 Å². The minimum absolute atomic E-state index is 0.0519. The van der Waals surface area contributed by atoms with Gasteiger partial charge in [-0.3, -0.25) is 9.59 Å². The van der Waals surface area contributed by atoms with Gasteiger partial charge in [-0.2, -0.15) is 14.3 Å². The van der Waals surface area contributed by atoms with Gasteiger partial charge < -0.3 is 15.1 Å². The lowest BCUT2D eigenvalue weighted by Gasteiger charge is -2.26. The minimum Gasteiger partial charge on any atom is -0.360 e. The average Bonchev–Trinajstić information content (AvgIpc) is 3.49. The maximum Gasteiger partial charge on any atom is 0.246 e. The molecule has 3 heterocycles. The lowest BCUT2D eigenvalue weighted by Crippen LogP contribution is -2.48. The molecule has 0 radical (unpaired) electrons. The number of halogens is 2. The predicted molar refractivity (Wildman–Crippen MR) is 134 cm³/mol. The largest absolute Gasteiger partial charge is 0.360 e. The van der Waals surface area contributed by atoms with Gasteiger partial charge in [0.25, 0.3) is 0 Å². The highest BCUT2D eigenvalue weighted by atomic mass is 19.1. The smallest absolute Gasteiger partial charge is 0.246 e. The normalized spacial score (nSPS) is 18.2. The molecule has 196 valence electrons. The van der Waals surface area contributed by atoms with Crippen molar-refractivity contribution in [2.24, 2.45) is 0 Å². The molecule has 1 aromatic carbocycles. The molecular formula is C26H31F2N7O2. The zero-order chi connectivity index (χ0) is 26.7. The van der Waals surface area contributed by atoms with Gasteiger partial charge in [0.1, 0.15) is 18.8 Å². The lowest BCUT2D eigenvalue weighted by molar-refractivity contribution is -0.139. The van der Waals surface area contributed by atoms with Crippen molar-refractivity contribution in [3.63, 3.8) is 0 Å². The number of anilines is 1. The fourth-order valence-corrected chi connectivity index (χ4v) is 4.35. The van der Waals surface area contributed by atoms with Crippen molar-refractivity contribution >= 4 is 17.6 Å². The second-order valence-electron chi connectivity index (χ2n) is 9.65. The highest BCUT2D eigenvalue weighted by Crippen LogP contribution is 2.27. The average molecular weight is 512 g/mol. The van der Waals surface area contributed by atoms with Crippen LogP contribution in [0.2, 0.25) is 0 Å². The van der Waals surface area contributed by atoms with Gasteiger partial charge in [-0.05, 0) is 17.5 Å². The van der Waals surface area contributed by atoms with Gasteiger partial charge in [-0.15, -0.1) is 5.10 Å². The van der Waals surface area contributed by atoms with Crippen LogP contribution < -0.4 is 10.2 Å². The van der Waals surface area contributed by atoms with E-state index in [2.05, 4.69) is 20.5 Å². The summed E-state index contributed by atoms with van der Waals surface area (Å²) in [5.74, 6) is -1.10. The molecule has 0 spiro atoms. The Morgan fingerprint density at radius 3 is 2.51 bits per heavy atom. The summed E-state index contributed by atoms with van der Waals surface area (Å²) < 4.78 is 29.2. The Hall–Kier alpha value is -3.89. The Balaban J connectivity index is 1.56. The Labute approximate surface area is 214 Å². The van der Waals surface area contributed by atoms with Crippen LogP contribution in [-0.4, -0.2) is 69.5 Å². The number of hydrogen-bond donors (Lipinski definition) is 1. The molecule has 0 unspecified atom stereocenters. The Morgan fingerprint density at radius 1 is 1.16 bits per heavy atom. The first-order chi connectivity index (χ1) is 17.6. The summed E-state index contributed by atoms with van der Waals surface area (Å²) in [7, 11) is 3.59. The van der Waals surface area contributed by atoms with E-state index in [4.69, 9.17) is 0 Å². The Bertz CT molecular complexity index is 1250. The molecule has 0 aliphatic carbocycles. The zero-order valence-electron chi connectivity index (χ0n) is 21.3. The van der Waals surface area contributed by atoms with E-state index in [1.54, 1.807) is 55.4 Å². The molecule has 4 rings (SSSR count). The molecule has 0 bridgehead atoms. The molecule has 2 aromatic heterocycles. The first-order valence-electron chi connectivity index (χ1n) is 12.2. The maximum absolute atomic E-state index is 14.7. The first-order valence-corrected chi connectivity index (χ1v) is 12.2. The fourth-order valence-electron chi connectivity index (χ4n) is 4.35. The number of nitrogens with zero attached hydrogens (tertiary/aromatic N) is 6.